The molecule has 0 spiro atoms. The van der Waals surface area contributed by atoms with E-state index in [2.05, 4.69) is 17.4 Å². The minimum Gasteiger partial charge on any atom is -0.494 e. The number of nitrogens with one attached hydrogen (secondary N) is 1. The molecular formula is C21H23NO3. The van der Waals surface area contributed by atoms with Crippen molar-refractivity contribution in [2.75, 3.05) is 13.2 Å². The Morgan fingerprint density at radius 2 is 1.92 bits per heavy atom. The molecule has 2 aromatic carbocycles. The van der Waals surface area contributed by atoms with Gasteiger partial charge in [0.15, 0.2) is 5.78 Å². The van der Waals surface area contributed by atoms with Crippen molar-refractivity contribution in [1.82, 2.24) is 5.32 Å². The first-order valence-electron chi connectivity index (χ1n) is 8.96. The van der Waals surface area contributed by atoms with Gasteiger partial charge < -0.3 is 14.8 Å². The minimum atomic E-state index is 0.119. The van der Waals surface area contributed by atoms with Crippen molar-refractivity contribution in [3.05, 3.63) is 65.2 Å². The lowest BCUT2D eigenvalue weighted by atomic mass is 9.98. The number of ether oxygens (including phenoxy) is 2. The maximum Gasteiger partial charge on any atom is 0.167 e. The Kier molecular flexibility index (Phi) is 4.55. The molecule has 2 heterocycles. The van der Waals surface area contributed by atoms with Gasteiger partial charge in [-0.1, -0.05) is 24.3 Å². The number of carbonyl (C=O) groups is 1. The Balaban J connectivity index is 1.39. The van der Waals surface area contributed by atoms with E-state index in [0.29, 0.717) is 30.7 Å². The second kappa shape index (κ2) is 6.98. The largest absolute Gasteiger partial charge is 0.494 e. The standard InChI is InChI=1S/C21H23NO3/c1-2-24-17-9-7-15(8-10-17)20(23)11-14-3-5-16(6-4-14)21-19-12-18(25-21)13-22-19/h3-10,18-19,21-22H,2,11-13H2,1H3/t18-,19-,21+/m0/s1. The predicted octanol–water partition coefficient (Wildman–Crippen LogP) is 3.31. The summed E-state index contributed by atoms with van der Waals surface area (Å²) in [5.41, 5.74) is 2.93. The molecule has 0 amide bonds. The van der Waals surface area contributed by atoms with Gasteiger partial charge >= 0.3 is 0 Å². The van der Waals surface area contributed by atoms with E-state index in [1.807, 2.05) is 43.3 Å². The zero-order valence-corrected chi connectivity index (χ0v) is 14.4. The van der Waals surface area contributed by atoms with Crippen LogP contribution in [0.2, 0.25) is 0 Å². The molecule has 2 bridgehead atoms. The molecule has 2 aromatic rings. The normalized spacial score (nSPS) is 24.4. The van der Waals surface area contributed by atoms with Crippen molar-refractivity contribution >= 4 is 5.78 Å². The molecule has 4 rings (SSSR count). The Labute approximate surface area is 148 Å². The molecule has 4 nitrogen and oxygen atoms in total. The van der Waals surface area contributed by atoms with Crippen molar-refractivity contribution in [3.8, 4) is 5.75 Å². The van der Waals surface area contributed by atoms with E-state index in [1.54, 1.807) is 0 Å². The molecule has 2 aliphatic heterocycles. The minimum absolute atomic E-state index is 0.119. The Morgan fingerprint density at radius 1 is 1.16 bits per heavy atom. The summed E-state index contributed by atoms with van der Waals surface area (Å²) >= 11 is 0. The van der Waals surface area contributed by atoms with Crippen molar-refractivity contribution in [2.24, 2.45) is 0 Å². The zero-order chi connectivity index (χ0) is 17.2. The summed E-state index contributed by atoms with van der Waals surface area (Å²) in [7, 11) is 0. The number of fused-ring (bicyclic) bond motifs is 2. The van der Waals surface area contributed by atoms with E-state index in [9.17, 15) is 4.79 Å². The lowest BCUT2D eigenvalue weighted by Gasteiger charge is -2.23. The van der Waals surface area contributed by atoms with Gasteiger partial charge in [-0.25, -0.2) is 0 Å². The number of carbonyl (C=O) groups excluding carboxylic acids is 1. The van der Waals surface area contributed by atoms with Crippen LogP contribution in [0.25, 0.3) is 0 Å². The second-order valence-corrected chi connectivity index (χ2v) is 6.73. The molecule has 2 fully saturated rings. The van der Waals surface area contributed by atoms with Crippen LogP contribution in [0.4, 0.5) is 0 Å². The van der Waals surface area contributed by atoms with Crippen LogP contribution in [0.5, 0.6) is 5.75 Å². The summed E-state index contributed by atoms with van der Waals surface area (Å²) in [4.78, 5) is 12.5. The lowest BCUT2D eigenvalue weighted by Crippen LogP contribution is -2.33. The molecule has 2 saturated heterocycles. The molecular weight excluding hydrogens is 314 g/mol. The van der Waals surface area contributed by atoms with Crippen LogP contribution in [-0.4, -0.2) is 31.1 Å². The molecule has 0 unspecified atom stereocenters. The SMILES string of the molecule is CCOc1ccc(C(=O)Cc2ccc([C@H]3O[C@@H]4CN[C@H]3C4)cc2)cc1. The fraction of sp³-hybridized carbons (Fsp3) is 0.381. The Hall–Kier alpha value is -2.17. The van der Waals surface area contributed by atoms with Gasteiger partial charge in [-0.05, 0) is 48.7 Å². The Bertz CT molecular complexity index is 739. The second-order valence-electron chi connectivity index (χ2n) is 6.73. The van der Waals surface area contributed by atoms with Gasteiger partial charge in [-0.3, -0.25) is 4.79 Å². The fourth-order valence-electron chi connectivity index (χ4n) is 3.70. The van der Waals surface area contributed by atoms with Crippen LogP contribution < -0.4 is 10.1 Å². The molecule has 0 saturated carbocycles. The van der Waals surface area contributed by atoms with Crippen LogP contribution in [0, 0.1) is 0 Å². The molecule has 130 valence electrons. The molecule has 4 heteroatoms. The van der Waals surface area contributed by atoms with Gasteiger partial charge in [0.1, 0.15) is 5.75 Å². The summed E-state index contributed by atoms with van der Waals surface area (Å²) in [6.45, 7) is 3.54. The first-order valence-corrected chi connectivity index (χ1v) is 8.96. The van der Waals surface area contributed by atoms with Gasteiger partial charge in [-0.2, -0.15) is 0 Å². The van der Waals surface area contributed by atoms with E-state index in [-0.39, 0.29) is 11.9 Å². The van der Waals surface area contributed by atoms with Gasteiger partial charge in [-0.15, -0.1) is 0 Å². The van der Waals surface area contributed by atoms with Gasteiger partial charge in [0.2, 0.25) is 0 Å². The molecule has 0 aromatic heterocycles. The highest BCUT2D eigenvalue weighted by Gasteiger charge is 2.41. The van der Waals surface area contributed by atoms with Crippen LogP contribution in [0.15, 0.2) is 48.5 Å². The summed E-state index contributed by atoms with van der Waals surface area (Å²) in [5.74, 6) is 0.913. The average molecular weight is 337 g/mol. The average Bonchev–Trinajstić information content (AvgIpc) is 3.27. The highest BCUT2D eigenvalue weighted by Crippen LogP contribution is 2.36. The molecule has 0 aliphatic carbocycles. The molecule has 1 N–H and O–H groups in total. The topological polar surface area (TPSA) is 47.6 Å². The third-order valence-electron chi connectivity index (χ3n) is 4.99. The van der Waals surface area contributed by atoms with Crippen molar-refractivity contribution in [3.63, 3.8) is 0 Å². The molecule has 2 aliphatic rings. The number of benzene rings is 2. The van der Waals surface area contributed by atoms with Crippen molar-refractivity contribution in [1.29, 1.82) is 0 Å². The summed E-state index contributed by atoms with van der Waals surface area (Å²) in [6.07, 6.45) is 2.01. The van der Waals surface area contributed by atoms with E-state index in [4.69, 9.17) is 9.47 Å². The maximum atomic E-state index is 12.5. The third kappa shape index (κ3) is 3.46. The smallest absolute Gasteiger partial charge is 0.167 e. The van der Waals surface area contributed by atoms with Crippen LogP contribution in [0.3, 0.4) is 0 Å². The van der Waals surface area contributed by atoms with Crippen LogP contribution >= 0.6 is 0 Å². The van der Waals surface area contributed by atoms with Gasteiger partial charge in [0.25, 0.3) is 0 Å². The predicted molar refractivity (Wildman–Crippen MR) is 96.1 cm³/mol. The third-order valence-corrected chi connectivity index (χ3v) is 4.99. The van der Waals surface area contributed by atoms with Crippen LogP contribution in [-0.2, 0) is 11.2 Å². The number of hydrogen-bond donors (Lipinski definition) is 1. The van der Waals surface area contributed by atoms with E-state index in [0.717, 1.165) is 24.3 Å². The summed E-state index contributed by atoms with van der Waals surface area (Å²) < 4.78 is 11.4. The number of ketones is 1. The van der Waals surface area contributed by atoms with Gasteiger partial charge in [0.05, 0.1) is 18.8 Å². The van der Waals surface area contributed by atoms with Gasteiger partial charge in [0, 0.05) is 24.6 Å². The zero-order valence-electron chi connectivity index (χ0n) is 14.4. The molecule has 25 heavy (non-hydrogen) atoms. The number of hydrogen-bond acceptors (Lipinski definition) is 4. The van der Waals surface area contributed by atoms with E-state index >= 15 is 0 Å². The first-order chi connectivity index (χ1) is 12.2. The number of rotatable bonds is 6. The van der Waals surface area contributed by atoms with Crippen molar-refractivity contribution in [2.45, 2.75) is 38.0 Å². The molecule has 0 radical (unpaired) electrons. The van der Waals surface area contributed by atoms with E-state index in [1.165, 1.54) is 5.56 Å². The highest BCUT2D eigenvalue weighted by atomic mass is 16.5. The monoisotopic (exact) mass is 337 g/mol. The maximum absolute atomic E-state index is 12.5. The summed E-state index contributed by atoms with van der Waals surface area (Å²) in [6, 6.07) is 16.0. The highest BCUT2D eigenvalue weighted by molar-refractivity contribution is 5.97. The first kappa shape index (κ1) is 16.3. The summed E-state index contributed by atoms with van der Waals surface area (Å²) in [5, 5.41) is 3.50. The van der Waals surface area contributed by atoms with Crippen LogP contribution in [0.1, 0.15) is 40.9 Å². The van der Waals surface area contributed by atoms with Crippen molar-refractivity contribution < 1.29 is 14.3 Å². The van der Waals surface area contributed by atoms with E-state index < -0.39 is 0 Å². The Morgan fingerprint density at radius 3 is 2.52 bits per heavy atom. The fourth-order valence-corrected chi connectivity index (χ4v) is 3.70. The molecule has 3 atom stereocenters. The lowest BCUT2D eigenvalue weighted by molar-refractivity contribution is 0.0160. The number of morpholine rings is 1. The quantitative estimate of drug-likeness (QED) is 0.822. The number of Topliss-reactive ketones (excluding diaryl/α,β-unsaturated/α-hetero) is 1.